The number of phenolic OH excluding ortho intramolecular Hbond substituents is 1. The molecule has 0 spiro atoms. The lowest BCUT2D eigenvalue weighted by molar-refractivity contribution is 0.441. The van der Waals surface area contributed by atoms with E-state index in [4.69, 9.17) is 0 Å². The first kappa shape index (κ1) is 15.5. The Morgan fingerprint density at radius 1 is 1.05 bits per heavy atom. The van der Waals surface area contributed by atoms with Gasteiger partial charge in [-0.1, -0.05) is 44.2 Å². The molecule has 112 valence electrons. The maximum Gasteiger partial charge on any atom is 0.298 e. The Labute approximate surface area is 124 Å². The molecule has 2 rings (SSSR count). The first-order chi connectivity index (χ1) is 9.64. The summed E-state index contributed by atoms with van der Waals surface area (Å²) in [5.74, 6) is -0.442. The van der Waals surface area contributed by atoms with Crippen LogP contribution in [0.3, 0.4) is 0 Å². The molecule has 21 heavy (non-hydrogen) atoms. The zero-order valence-corrected chi connectivity index (χ0v) is 13.0. The minimum Gasteiger partial charge on any atom is -0.506 e. The Balaban J connectivity index is 2.70. The second-order valence-electron chi connectivity index (χ2n) is 5.60. The fourth-order valence-corrected chi connectivity index (χ4v) is 3.15. The van der Waals surface area contributed by atoms with Crippen LogP contribution in [0.2, 0.25) is 0 Å². The first-order valence-corrected chi connectivity index (χ1v) is 7.95. The van der Waals surface area contributed by atoms with Crippen molar-refractivity contribution in [2.45, 2.75) is 31.1 Å². The van der Waals surface area contributed by atoms with E-state index in [0.29, 0.717) is 0 Å². The topological polar surface area (TPSA) is 74.6 Å². The molecule has 0 saturated carbocycles. The van der Waals surface area contributed by atoms with Crippen LogP contribution in [0.1, 0.15) is 30.5 Å². The fraction of sp³-hybridized carbons (Fsp3) is 0.250. The lowest BCUT2D eigenvalue weighted by Crippen LogP contribution is -2.21. The van der Waals surface area contributed by atoms with Crippen molar-refractivity contribution in [3.63, 3.8) is 0 Å². The number of hydrogen-bond acceptors (Lipinski definition) is 3. The molecular formula is C16H18O4S. The molecule has 0 atom stereocenters. The summed E-state index contributed by atoms with van der Waals surface area (Å²) in [5, 5.41) is 9.75. The van der Waals surface area contributed by atoms with Crippen LogP contribution in [0.15, 0.2) is 47.4 Å². The maximum absolute atomic E-state index is 11.4. The second kappa shape index (κ2) is 5.16. The van der Waals surface area contributed by atoms with Gasteiger partial charge in [0.25, 0.3) is 10.1 Å². The van der Waals surface area contributed by atoms with Crippen molar-refractivity contribution >= 4 is 10.1 Å². The predicted molar refractivity (Wildman–Crippen MR) is 81.2 cm³/mol. The van der Waals surface area contributed by atoms with Gasteiger partial charge in [0.1, 0.15) is 10.6 Å². The summed E-state index contributed by atoms with van der Waals surface area (Å²) >= 11 is 0. The average molecular weight is 306 g/mol. The van der Waals surface area contributed by atoms with Gasteiger partial charge < -0.3 is 5.11 Å². The Morgan fingerprint density at radius 2 is 1.62 bits per heavy atom. The van der Waals surface area contributed by atoms with Crippen molar-refractivity contribution in [2.75, 3.05) is 0 Å². The summed E-state index contributed by atoms with van der Waals surface area (Å²) in [6.07, 6.45) is 0. The number of phenols is 1. The number of aryl methyl sites for hydroxylation is 1. The summed E-state index contributed by atoms with van der Waals surface area (Å²) in [5.41, 5.74) is 2.05. The van der Waals surface area contributed by atoms with E-state index in [1.54, 1.807) is 6.92 Å². The molecule has 0 bridgehead atoms. The quantitative estimate of drug-likeness (QED) is 0.853. The van der Waals surface area contributed by atoms with Gasteiger partial charge in [-0.15, -0.1) is 0 Å². The number of hydrogen-bond donors (Lipinski definition) is 2. The molecule has 0 radical (unpaired) electrons. The van der Waals surface area contributed by atoms with Crippen LogP contribution in [0.5, 0.6) is 5.75 Å². The van der Waals surface area contributed by atoms with Crippen molar-refractivity contribution in [1.29, 1.82) is 0 Å². The third-order valence-corrected chi connectivity index (χ3v) is 4.64. The lowest BCUT2D eigenvalue weighted by atomic mass is 9.76. The van der Waals surface area contributed by atoms with E-state index < -0.39 is 26.2 Å². The van der Waals surface area contributed by atoms with Gasteiger partial charge in [0.2, 0.25) is 0 Å². The SMILES string of the molecule is Cc1cc(O)c(S(=O)(=O)O)cc1C(C)(C)c1ccccc1. The van der Waals surface area contributed by atoms with Crippen LogP contribution in [-0.4, -0.2) is 18.1 Å². The van der Waals surface area contributed by atoms with Crippen molar-refractivity contribution in [3.8, 4) is 5.75 Å². The minimum atomic E-state index is -4.47. The zero-order chi connectivity index (χ0) is 15.8. The van der Waals surface area contributed by atoms with Gasteiger partial charge in [-0.2, -0.15) is 8.42 Å². The molecule has 0 saturated heterocycles. The van der Waals surface area contributed by atoms with E-state index in [-0.39, 0.29) is 0 Å². The molecule has 2 aromatic carbocycles. The third kappa shape index (κ3) is 2.94. The van der Waals surface area contributed by atoms with Crippen LogP contribution < -0.4 is 0 Å². The predicted octanol–water partition coefficient (Wildman–Crippen LogP) is 3.27. The second-order valence-corrected chi connectivity index (χ2v) is 6.99. The molecule has 0 fully saturated rings. The first-order valence-electron chi connectivity index (χ1n) is 6.51. The summed E-state index contributed by atoms with van der Waals surface area (Å²) < 4.78 is 32.0. The Bertz CT molecular complexity index is 762. The molecule has 2 aromatic rings. The molecule has 0 aromatic heterocycles. The van der Waals surface area contributed by atoms with E-state index in [0.717, 1.165) is 16.7 Å². The standard InChI is InChI=1S/C16H18O4S/c1-11-9-14(17)15(21(18,19)20)10-13(11)16(2,3)12-7-5-4-6-8-12/h4-10,17H,1-3H3,(H,18,19,20). The Morgan fingerprint density at radius 3 is 2.14 bits per heavy atom. The molecule has 0 aliphatic rings. The van der Waals surface area contributed by atoms with E-state index >= 15 is 0 Å². The summed E-state index contributed by atoms with van der Waals surface area (Å²) in [6.45, 7) is 5.73. The minimum absolute atomic E-state index is 0.442. The molecule has 0 aliphatic carbocycles. The third-order valence-electron chi connectivity index (χ3n) is 3.75. The summed E-state index contributed by atoms with van der Waals surface area (Å²) in [4.78, 5) is -0.466. The molecule has 0 unspecified atom stereocenters. The van der Waals surface area contributed by atoms with E-state index in [9.17, 15) is 18.1 Å². The summed E-state index contributed by atoms with van der Waals surface area (Å²) in [6, 6.07) is 12.4. The van der Waals surface area contributed by atoms with Crippen LogP contribution in [0.4, 0.5) is 0 Å². The highest BCUT2D eigenvalue weighted by Crippen LogP contribution is 2.37. The van der Waals surface area contributed by atoms with Gasteiger partial charge in [0.15, 0.2) is 0 Å². The highest BCUT2D eigenvalue weighted by Gasteiger charge is 2.28. The molecule has 0 amide bonds. The van der Waals surface area contributed by atoms with Gasteiger partial charge in [0.05, 0.1) is 0 Å². The summed E-state index contributed by atoms with van der Waals surface area (Å²) in [7, 11) is -4.47. The van der Waals surface area contributed by atoms with E-state index in [1.807, 2.05) is 44.2 Å². The fourth-order valence-electron chi connectivity index (χ4n) is 2.56. The van der Waals surface area contributed by atoms with E-state index in [1.165, 1.54) is 12.1 Å². The van der Waals surface area contributed by atoms with Crippen LogP contribution in [0.25, 0.3) is 0 Å². The normalized spacial score (nSPS) is 12.4. The van der Waals surface area contributed by atoms with Crippen molar-refractivity contribution in [1.82, 2.24) is 0 Å². The molecule has 4 nitrogen and oxygen atoms in total. The molecule has 5 heteroatoms. The Kier molecular flexibility index (Phi) is 3.82. The smallest absolute Gasteiger partial charge is 0.298 e. The van der Waals surface area contributed by atoms with Gasteiger partial charge in [0, 0.05) is 5.41 Å². The van der Waals surface area contributed by atoms with Crippen molar-refractivity contribution in [3.05, 3.63) is 59.2 Å². The zero-order valence-electron chi connectivity index (χ0n) is 12.2. The van der Waals surface area contributed by atoms with Crippen LogP contribution in [-0.2, 0) is 15.5 Å². The van der Waals surface area contributed by atoms with Crippen LogP contribution in [0, 0.1) is 6.92 Å². The number of benzene rings is 2. The maximum atomic E-state index is 11.4. The molecular weight excluding hydrogens is 288 g/mol. The monoisotopic (exact) mass is 306 g/mol. The van der Waals surface area contributed by atoms with Crippen molar-refractivity contribution in [2.24, 2.45) is 0 Å². The molecule has 0 aliphatic heterocycles. The number of aromatic hydroxyl groups is 1. The van der Waals surface area contributed by atoms with Gasteiger partial charge >= 0.3 is 0 Å². The Hall–Kier alpha value is -1.85. The van der Waals surface area contributed by atoms with Crippen LogP contribution >= 0.6 is 0 Å². The van der Waals surface area contributed by atoms with Gasteiger partial charge in [-0.25, -0.2) is 0 Å². The van der Waals surface area contributed by atoms with Gasteiger partial charge in [-0.05, 0) is 35.7 Å². The van der Waals surface area contributed by atoms with Crippen molar-refractivity contribution < 1.29 is 18.1 Å². The lowest BCUT2D eigenvalue weighted by Gasteiger charge is -2.28. The number of rotatable bonds is 3. The molecule has 0 heterocycles. The largest absolute Gasteiger partial charge is 0.506 e. The highest BCUT2D eigenvalue weighted by atomic mass is 32.2. The van der Waals surface area contributed by atoms with Gasteiger partial charge in [-0.3, -0.25) is 4.55 Å². The highest BCUT2D eigenvalue weighted by molar-refractivity contribution is 7.86. The van der Waals surface area contributed by atoms with E-state index in [2.05, 4.69) is 0 Å². The average Bonchev–Trinajstić information content (AvgIpc) is 2.37. The molecule has 2 N–H and O–H groups in total.